The molecular weight excluding hydrogens is 276 g/mol. The van der Waals surface area contributed by atoms with Gasteiger partial charge in [-0.3, -0.25) is 4.90 Å². The Morgan fingerprint density at radius 1 is 1.45 bits per heavy atom. The highest BCUT2D eigenvalue weighted by atomic mass is 35.5. The van der Waals surface area contributed by atoms with Crippen molar-refractivity contribution < 1.29 is 4.52 Å². The number of piperazine rings is 1. The molecule has 2 fully saturated rings. The van der Waals surface area contributed by atoms with Crippen molar-refractivity contribution in [1.29, 1.82) is 0 Å². The maximum atomic E-state index is 5.61. The van der Waals surface area contributed by atoms with E-state index < -0.39 is 0 Å². The van der Waals surface area contributed by atoms with Crippen LogP contribution in [-0.4, -0.2) is 41.7 Å². The molecule has 1 saturated heterocycles. The number of likely N-dealkylation sites (N-methyl/N-ethyl adjacent to an activating group) is 1. The molecule has 6 heteroatoms. The SMILES string of the molecule is CCCC1(c2nc(C3CNCCN3C)no2)CCC1.Cl. The number of nitrogens with zero attached hydrogens (tertiary/aromatic N) is 3. The van der Waals surface area contributed by atoms with Crippen molar-refractivity contribution in [2.75, 3.05) is 26.7 Å². The highest BCUT2D eigenvalue weighted by molar-refractivity contribution is 5.85. The lowest BCUT2D eigenvalue weighted by atomic mass is 9.66. The number of aromatic nitrogens is 2. The number of hydrogen-bond donors (Lipinski definition) is 1. The first-order valence-corrected chi connectivity index (χ1v) is 7.50. The van der Waals surface area contributed by atoms with Gasteiger partial charge in [-0.15, -0.1) is 12.4 Å². The molecule has 1 aromatic rings. The Labute approximate surface area is 126 Å². The zero-order chi connectivity index (χ0) is 13.3. The van der Waals surface area contributed by atoms with Gasteiger partial charge in [0.1, 0.15) is 0 Å². The first-order chi connectivity index (χ1) is 9.25. The molecule has 1 saturated carbocycles. The van der Waals surface area contributed by atoms with E-state index in [1.165, 1.54) is 32.1 Å². The minimum Gasteiger partial charge on any atom is -0.339 e. The van der Waals surface area contributed by atoms with Crippen molar-refractivity contribution in [3.8, 4) is 0 Å². The minimum atomic E-state index is 0. The van der Waals surface area contributed by atoms with Gasteiger partial charge in [0.25, 0.3) is 0 Å². The van der Waals surface area contributed by atoms with Crippen LogP contribution in [0.1, 0.15) is 56.8 Å². The van der Waals surface area contributed by atoms with E-state index in [1.807, 2.05) is 0 Å². The molecule has 2 aliphatic rings. The molecule has 1 aliphatic heterocycles. The Kier molecular flexibility index (Phi) is 5.04. The second kappa shape index (κ2) is 6.41. The first kappa shape index (κ1) is 15.7. The average molecular weight is 301 g/mol. The van der Waals surface area contributed by atoms with Gasteiger partial charge in [0.05, 0.1) is 6.04 Å². The van der Waals surface area contributed by atoms with Crippen molar-refractivity contribution in [3.05, 3.63) is 11.7 Å². The van der Waals surface area contributed by atoms with E-state index >= 15 is 0 Å². The van der Waals surface area contributed by atoms with Gasteiger partial charge in [-0.05, 0) is 26.3 Å². The summed E-state index contributed by atoms with van der Waals surface area (Å²) in [6.07, 6.45) is 6.07. The fourth-order valence-corrected chi connectivity index (χ4v) is 3.33. The molecule has 0 radical (unpaired) electrons. The second-order valence-corrected chi connectivity index (χ2v) is 6.04. The number of halogens is 1. The lowest BCUT2D eigenvalue weighted by Gasteiger charge is -2.38. The van der Waals surface area contributed by atoms with Crippen LogP contribution in [0.3, 0.4) is 0 Å². The van der Waals surface area contributed by atoms with Crippen LogP contribution < -0.4 is 5.32 Å². The molecule has 20 heavy (non-hydrogen) atoms. The molecule has 2 heterocycles. The summed E-state index contributed by atoms with van der Waals surface area (Å²) in [7, 11) is 2.13. The van der Waals surface area contributed by atoms with Crippen LogP contribution in [-0.2, 0) is 5.41 Å². The van der Waals surface area contributed by atoms with Crippen molar-refractivity contribution in [2.24, 2.45) is 0 Å². The van der Waals surface area contributed by atoms with Gasteiger partial charge in [0, 0.05) is 25.0 Å². The lowest BCUT2D eigenvalue weighted by Crippen LogP contribution is -2.44. The van der Waals surface area contributed by atoms with E-state index in [0.717, 1.165) is 31.3 Å². The number of nitrogens with one attached hydrogen (secondary N) is 1. The molecule has 0 bridgehead atoms. The summed E-state index contributed by atoms with van der Waals surface area (Å²) in [5, 5.41) is 7.65. The number of hydrogen-bond acceptors (Lipinski definition) is 5. The van der Waals surface area contributed by atoms with Gasteiger partial charge in [0.15, 0.2) is 5.82 Å². The Balaban J connectivity index is 0.00000147. The van der Waals surface area contributed by atoms with Crippen LogP contribution in [0.5, 0.6) is 0 Å². The van der Waals surface area contributed by atoms with E-state index in [9.17, 15) is 0 Å². The summed E-state index contributed by atoms with van der Waals surface area (Å²) < 4.78 is 5.61. The smallest absolute Gasteiger partial charge is 0.232 e. The fourth-order valence-electron chi connectivity index (χ4n) is 3.33. The Bertz CT molecular complexity index is 433. The molecule has 1 aromatic heterocycles. The summed E-state index contributed by atoms with van der Waals surface area (Å²) in [4.78, 5) is 7.04. The second-order valence-electron chi connectivity index (χ2n) is 6.04. The van der Waals surface area contributed by atoms with E-state index in [4.69, 9.17) is 9.51 Å². The molecule has 3 rings (SSSR count). The highest BCUT2D eigenvalue weighted by Gasteiger charge is 2.43. The number of rotatable bonds is 4. The van der Waals surface area contributed by atoms with Gasteiger partial charge in [-0.2, -0.15) is 4.98 Å². The van der Waals surface area contributed by atoms with Crippen LogP contribution in [0, 0.1) is 0 Å². The van der Waals surface area contributed by atoms with Crippen molar-refractivity contribution in [2.45, 2.75) is 50.5 Å². The molecule has 1 atom stereocenters. The molecule has 114 valence electrons. The average Bonchev–Trinajstić information content (AvgIpc) is 2.84. The summed E-state index contributed by atoms with van der Waals surface area (Å²) >= 11 is 0. The third-order valence-corrected chi connectivity index (χ3v) is 4.74. The summed E-state index contributed by atoms with van der Waals surface area (Å²) in [6.45, 7) is 5.22. The zero-order valence-corrected chi connectivity index (χ0v) is 13.2. The normalized spacial score (nSPS) is 25.8. The minimum absolute atomic E-state index is 0. The van der Waals surface area contributed by atoms with Crippen molar-refractivity contribution >= 4 is 12.4 Å². The third kappa shape index (κ3) is 2.71. The third-order valence-electron chi connectivity index (χ3n) is 4.74. The van der Waals surface area contributed by atoms with Crippen LogP contribution in [0.25, 0.3) is 0 Å². The van der Waals surface area contributed by atoms with Crippen LogP contribution in [0.2, 0.25) is 0 Å². The Hall–Kier alpha value is -0.650. The van der Waals surface area contributed by atoms with E-state index in [-0.39, 0.29) is 23.9 Å². The van der Waals surface area contributed by atoms with E-state index in [0.29, 0.717) is 0 Å². The van der Waals surface area contributed by atoms with Crippen LogP contribution in [0.4, 0.5) is 0 Å². The molecule has 0 aromatic carbocycles. The summed E-state index contributed by atoms with van der Waals surface area (Å²) in [5.41, 5.74) is 0.195. The van der Waals surface area contributed by atoms with E-state index in [1.54, 1.807) is 0 Å². The molecule has 1 N–H and O–H groups in total. The van der Waals surface area contributed by atoms with Gasteiger partial charge < -0.3 is 9.84 Å². The molecule has 1 aliphatic carbocycles. The topological polar surface area (TPSA) is 54.2 Å². The highest BCUT2D eigenvalue weighted by Crippen LogP contribution is 2.46. The largest absolute Gasteiger partial charge is 0.339 e. The van der Waals surface area contributed by atoms with Gasteiger partial charge >= 0.3 is 0 Å². The maximum absolute atomic E-state index is 5.61. The fraction of sp³-hybridized carbons (Fsp3) is 0.857. The molecular formula is C14H25ClN4O. The monoisotopic (exact) mass is 300 g/mol. The molecule has 1 unspecified atom stereocenters. The van der Waals surface area contributed by atoms with Gasteiger partial charge in [0.2, 0.25) is 5.89 Å². The summed E-state index contributed by atoms with van der Waals surface area (Å²) in [5.74, 6) is 1.74. The van der Waals surface area contributed by atoms with Crippen LogP contribution in [0.15, 0.2) is 4.52 Å². The van der Waals surface area contributed by atoms with Crippen LogP contribution >= 0.6 is 12.4 Å². The quantitative estimate of drug-likeness (QED) is 0.924. The van der Waals surface area contributed by atoms with Gasteiger partial charge in [-0.25, -0.2) is 0 Å². The predicted octanol–water partition coefficient (Wildman–Crippen LogP) is 2.29. The Morgan fingerprint density at radius 2 is 2.25 bits per heavy atom. The lowest BCUT2D eigenvalue weighted by molar-refractivity contribution is 0.159. The molecule has 0 spiro atoms. The maximum Gasteiger partial charge on any atom is 0.232 e. The van der Waals surface area contributed by atoms with Crippen molar-refractivity contribution in [1.82, 2.24) is 20.4 Å². The molecule has 0 amide bonds. The Morgan fingerprint density at radius 3 is 2.85 bits per heavy atom. The standard InChI is InChI=1S/C14H24N4O.ClH/c1-3-5-14(6-4-7-14)13-16-12(17-19-13)11-10-15-8-9-18(11)2;/h11,15H,3-10H2,1-2H3;1H. The molecule has 5 nitrogen and oxygen atoms in total. The predicted molar refractivity (Wildman–Crippen MR) is 80.2 cm³/mol. The van der Waals surface area contributed by atoms with Crippen molar-refractivity contribution in [3.63, 3.8) is 0 Å². The zero-order valence-electron chi connectivity index (χ0n) is 12.4. The van der Waals surface area contributed by atoms with E-state index in [2.05, 4.69) is 29.3 Å². The first-order valence-electron chi connectivity index (χ1n) is 7.50. The summed E-state index contributed by atoms with van der Waals surface area (Å²) in [6, 6.07) is 0.255. The van der Waals surface area contributed by atoms with Gasteiger partial charge in [-0.1, -0.05) is 24.9 Å².